The zero-order chi connectivity index (χ0) is 13.8. The normalized spacial score (nSPS) is 17.6. The van der Waals surface area contributed by atoms with E-state index >= 15 is 0 Å². The molecule has 0 atom stereocenters. The number of hydrogen-bond acceptors (Lipinski definition) is 4. The lowest BCUT2D eigenvalue weighted by Crippen LogP contribution is -2.26. The van der Waals surface area contributed by atoms with Gasteiger partial charge in [-0.2, -0.15) is 9.94 Å². The quantitative estimate of drug-likeness (QED) is 0.857. The summed E-state index contributed by atoms with van der Waals surface area (Å²) in [6, 6.07) is 12.4. The molecule has 20 heavy (non-hydrogen) atoms. The fraction of sp³-hybridized carbons (Fsp3) is 0.467. The predicted molar refractivity (Wildman–Crippen MR) is 74.0 cm³/mol. The van der Waals surface area contributed by atoms with E-state index in [4.69, 9.17) is 0 Å². The van der Waals surface area contributed by atoms with E-state index in [0.29, 0.717) is 6.42 Å². The van der Waals surface area contributed by atoms with Crippen LogP contribution >= 0.6 is 0 Å². The van der Waals surface area contributed by atoms with Crippen LogP contribution in [0.1, 0.15) is 37.9 Å². The Balaban J connectivity index is 1.89. The second kappa shape index (κ2) is 5.41. The van der Waals surface area contributed by atoms with Gasteiger partial charge in [0.15, 0.2) is 5.82 Å². The number of aromatic nitrogens is 4. The second-order valence-electron chi connectivity index (χ2n) is 5.47. The monoisotopic (exact) mass is 267 g/mol. The molecule has 0 N–H and O–H groups in total. The van der Waals surface area contributed by atoms with E-state index in [2.05, 4.69) is 21.6 Å². The van der Waals surface area contributed by atoms with E-state index in [-0.39, 0.29) is 5.41 Å². The first kappa shape index (κ1) is 12.8. The fourth-order valence-corrected chi connectivity index (χ4v) is 2.95. The van der Waals surface area contributed by atoms with Crippen molar-refractivity contribution in [3.63, 3.8) is 0 Å². The first-order valence-electron chi connectivity index (χ1n) is 7.07. The minimum absolute atomic E-state index is 0.292. The van der Waals surface area contributed by atoms with Gasteiger partial charge in [-0.25, -0.2) is 0 Å². The smallest absolute Gasteiger partial charge is 0.158 e. The molecule has 2 aromatic rings. The van der Waals surface area contributed by atoms with Gasteiger partial charge in [0, 0.05) is 6.42 Å². The Morgan fingerprint density at radius 3 is 2.60 bits per heavy atom. The molecule has 1 aromatic heterocycles. The van der Waals surface area contributed by atoms with E-state index < -0.39 is 0 Å². The molecule has 3 rings (SSSR count). The molecule has 1 aromatic carbocycles. The molecule has 5 nitrogen and oxygen atoms in total. The lowest BCUT2D eigenvalue weighted by molar-refractivity contribution is 0.260. The lowest BCUT2D eigenvalue weighted by Gasteiger charge is -2.29. The third-order valence-electron chi connectivity index (χ3n) is 4.08. The van der Waals surface area contributed by atoms with Crippen LogP contribution in [-0.2, 0) is 6.42 Å². The summed E-state index contributed by atoms with van der Waals surface area (Å²) in [5.74, 6) is 0.777. The molecule has 0 aliphatic heterocycles. The van der Waals surface area contributed by atoms with Crippen molar-refractivity contribution in [3.05, 3.63) is 36.2 Å². The Morgan fingerprint density at radius 1 is 1.15 bits per heavy atom. The molecule has 102 valence electrons. The van der Waals surface area contributed by atoms with Crippen molar-refractivity contribution in [2.75, 3.05) is 0 Å². The molecule has 0 spiro atoms. The molecule has 1 aliphatic carbocycles. The van der Waals surface area contributed by atoms with Gasteiger partial charge in [-0.15, -0.1) is 5.10 Å². The number of nitriles is 1. The summed E-state index contributed by atoms with van der Waals surface area (Å²) in [4.78, 5) is 0. The van der Waals surface area contributed by atoms with Crippen molar-refractivity contribution in [2.24, 2.45) is 5.41 Å². The van der Waals surface area contributed by atoms with Crippen LogP contribution in [0.4, 0.5) is 0 Å². The highest BCUT2D eigenvalue weighted by Crippen LogP contribution is 2.38. The molecule has 0 amide bonds. The maximum Gasteiger partial charge on any atom is 0.158 e. The van der Waals surface area contributed by atoms with Gasteiger partial charge in [0.05, 0.1) is 17.2 Å². The minimum Gasteiger partial charge on any atom is -0.198 e. The van der Waals surface area contributed by atoms with Crippen molar-refractivity contribution in [3.8, 4) is 11.8 Å². The lowest BCUT2D eigenvalue weighted by atomic mass is 9.73. The molecule has 1 aliphatic rings. The first-order chi connectivity index (χ1) is 9.83. The summed E-state index contributed by atoms with van der Waals surface area (Å²) in [6.45, 7) is 0. The number of nitrogens with zero attached hydrogens (tertiary/aromatic N) is 5. The third-order valence-corrected chi connectivity index (χ3v) is 4.08. The second-order valence-corrected chi connectivity index (χ2v) is 5.47. The number of para-hydroxylation sites is 1. The van der Waals surface area contributed by atoms with Crippen LogP contribution in [0.5, 0.6) is 0 Å². The largest absolute Gasteiger partial charge is 0.198 e. The molecule has 1 fully saturated rings. The maximum absolute atomic E-state index is 9.57. The Morgan fingerprint density at radius 2 is 1.90 bits per heavy atom. The van der Waals surface area contributed by atoms with E-state index in [9.17, 15) is 5.26 Å². The zero-order valence-corrected chi connectivity index (χ0v) is 11.4. The van der Waals surface area contributed by atoms with Crippen molar-refractivity contribution < 1.29 is 0 Å². The van der Waals surface area contributed by atoms with Gasteiger partial charge >= 0.3 is 0 Å². The topological polar surface area (TPSA) is 67.4 Å². The van der Waals surface area contributed by atoms with Crippen LogP contribution in [0.25, 0.3) is 5.69 Å². The predicted octanol–water partition coefficient (Wildman–Crippen LogP) is 2.68. The highest BCUT2D eigenvalue weighted by Gasteiger charge is 2.34. The van der Waals surface area contributed by atoms with Gasteiger partial charge < -0.3 is 0 Å². The molecular formula is C15H17N5. The van der Waals surface area contributed by atoms with Crippen LogP contribution in [0, 0.1) is 16.7 Å². The van der Waals surface area contributed by atoms with Gasteiger partial charge in [-0.05, 0) is 35.4 Å². The van der Waals surface area contributed by atoms with Gasteiger partial charge in [0.1, 0.15) is 0 Å². The summed E-state index contributed by atoms with van der Waals surface area (Å²) in [6.07, 6.45) is 6.01. The number of benzene rings is 1. The third kappa shape index (κ3) is 2.42. The van der Waals surface area contributed by atoms with E-state index in [1.807, 2.05) is 30.3 Å². The van der Waals surface area contributed by atoms with Gasteiger partial charge in [-0.3, -0.25) is 0 Å². The summed E-state index contributed by atoms with van der Waals surface area (Å²) < 4.78 is 1.74. The van der Waals surface area contributed by atoms with E-state index in [1.54, 1.807) is 4.68 Å². The van der Waals surface area contributed by atoms with Crippen LogP contribution < -0.4 is 0 Å². The number of rotatable bonds is 3. The Kier molecular flexibility index (Phi) is 3.46. The highest BCUT2D eigenvalue weighted by molar-refractivity contribution is 5.30. The van der Waals surface area contributed by atoms with Crippen LogP contribution in [0.15, 0.2) is 30.3 Å². The molecule has 5 heteroatoms. The Labute approximate surface area is 118 Å². The van der Waals surface area contributed by atoms with Crippen LogP contribution in [-0.4, -0.2) is 20.2 Å². The molecular weight excluding hydrogens is 250 g/mol. The molecule has 1 heterocycles. The molecule has 0 radical (unpaired) electrons. The average molecular weight is 267 g/mol. The van der Waals surface area contributed by atoms with E-state index in [0.717, 1.165) is 37.2 Å². The Bertz CT molecular complexity index is 605. The van der Waals surface area contributed by atoms with Crippen LogP contribution in [0.2, 0.25) is 0 Å². The van der Waals surface area contributed by atoms with Crippen molar-refractivity contribution in [1.29, 1.82) is 5.26 Å². The zero-order valence-electron chi connectivity index (χ0n) is 11.4. The first-order valence-corrected chi connectivity index (χ1v) is 7.07. The summed E-state index contributed by atoms with van der Waals surface area (Å²) in [5.41, 5.74) is 0.649. The molecule has 1 saturated carbocycles. The molecule has 0 bridgehead atoms. The van der Waals surface area contributed by atoms with Crippen molar-refractivity contribution in [1.82, 2.24) is 20.2 Å². The van der Waals surface area contributed by atoms with Crippen LogP contribution in [0.3, 0.4) is 0 Å². The summed E-state index contributed by atoms with van der Waals surface area (Å²) >= 11 is 0. The fourth-order valence-electron chi connectivity index (χ4n) is 2.95. The Hall–Kier alpha value is -2.22. The minimum atomic E-state index is -0.292. The van der Waals surface area contributed by atoms with Crippen molar-refractivity contribution in [2.45, 2.75) is 38.5 Å². The van der Waals surface area contributed by atoms with Gasteiger partial charge in [0.25, 0.3) is 0 Å². The molecule has 0 unspecified atom stereocenters. The summed E-state index contributed by atoms with van der Waals surface area (Å²) in [5, 5.41) is 21.6. The maximum atomic E-state index is 9.57. The standard InChI is InChI=1S/C15H17N5/c16-12-15(9-5-2-6-10-15)11-14-17-18-19-20(14)13-7-3-1-4-8-13/h1,3-4,7-8H,2,5-6,9-11H2. The number of hydrogen-bond donors (Lipinski definition) is 0. The van der Waals surface area contributed by atoms with E-state index in [1.165, 1.54) is 6.42 Å². The highest BCUT2D eigenvalue weighted by atomic mass is 15.5. The number of tetrazole rings is 1. The average Bonchev–Trinajstić information content (AvgIpc) is 2.97. The molecule has 0 saturated heterocycles. The van der Waals surface area contributed by atoms with Gasteiger partial charge in [-0.1, -0.05) is 37.5 Å². The SMILES string of the molecule is N#CC1(Cc2nnnn2-c2ccccc2)CCCCC1. The van der Waals surface area contributed by atoms with Crippen molar-refractivity contribution >= 4 is 0 Å². The van der Waals surface area contributed by atoms with Gasteiger partial charge in [0.2, 0.25) is 0 Å². The summed E-state index contributed by atoms with van der Waals surface area (Å²) in [7, 11) is 0.